The number of hydrogen-bond acceptors (Lipinski definition) is 5. The lowest BCUT2D eigenvalue weighted by Crippen LogP contribution is -2.22. The van der Waals surface area contributed by atoms with E-state index in [1.54, 1.807) is 6.20 Å². The Labute approximate surface area is 100 Å². The van der Waals surface area contributed by atoms with Gasteiger partial charge in [-0.25, -0.2) is 9.97 Å². The van der Waals surface area contributed by atoms with Gasteiger partial charge in [-0.3, -0.25) is 9.36 Å². The maximum Gasteiger partial charge on any atom is 0.297 e. The van der Waals surface area contributed by atoms with Crippen LogP contribution in [-0.4, -0.2) is 21.6 Å². The van der Waals surface area contributed by atoms with Gasteiger partial charge in [-0.15, -0.1) is 11.3 Å². The molecular formula is C9H8ClN3O2S. The summed E-state index contributed by atoms with van der Waals surface area (Å²) < 4.78 is 6.30. The minimum atomic E-state index is -0.308. The number of nitrogens with zero attached hydrogens (tertiary/aromatic N) is 3. The highest BCUT2D eigenvalue weighted by Gasteiger charge is 2.10. The largest absolute Gasteiger partial charge is 0.489 e. The number of halogens is 1. The van der Waals surface area contributed by atoms with Crippen LogP contribution in [0.3, 0.4) is 0 Å². The van der Waals surface area contributed by atoms with Crippen LogP contribution in [0.5, 0.6) is 5.75 Å². The Balaban J connectivity index is 2.39. The van der Waals surface area contributed by atoms with Gasteiger partial charge in [0.2, 0.25) is 5.75 Å². The molecule has 0 amide bonds. The third-order valence-corrected chi connectivity index (χ3v) is 2.98. The maximum absolute atomic E-state index is 11.8. The molecule has 0 bridgehead atoms. The summed E-state index contributed by atoms with van der Waals surface area (Å²) in [7, 11) is 1.39. The zero-order valence-electron chi connectivity index (χ0n) is 8.38. The van der Waals surface area contributed by atoms with Crippen molar-refractivity contribution in [3.8, 4) is 5.75 Å². The monoisotopic (exact) mass is 257 g/mol. The third-order valence-electron chi connectivity index (χ3n) is 1.95. The second-order valence-electron chi connectivity index (χ2n) is 2.93. The Morgan fingerprint density at radius 3 is 3.00 bits per heavy atom. The number of thiazole rings is 1. The van der Waals surface area contributed by atoms with Crippen molar-refractivity contribution in [2.24, 2.45) is 0 Å². The van der Waals surface area contributed by atoms with Crippen LogP contribution in [0.2, 0.25) is 5.15 Å². The molecule has 5 nitrogen and oxygen atoms in total. The standard InChI is InChI=1S/C9H8ClN3O2S/c1-15-7-8(10)12-5-13(9(7)14)4-6-11-2-3-16-6/h2-3,5H,4H2,1H3. The number of rotatable bonds is 3. The summed E-state index contributed by atoms with van der Waals surface area (Å²) in [6.45, 7) is 0.372. The van der Waals surface area contributed by atoms with E-state index < -0.39 is 0 Å². The van der Waals surface area contributed by atoms with Crippen LogP contribution in [0.1, 0.15) is 5.01 Å². The maximum atomic E-state index is 11.8. The molecule has 0 saturated heterocycles. The summed E-state index contributed by atoms with van der Waals surface area (Å²) in [5.41, 5.74) is -0.308. The lowest BCUT2D eigenvalue weighted by molar-refractivity contribution is 0.401. The molecule has 0 fully saturated rings. The van der Waals surface area contributed by atoms with E-state index in [-0.39, 0.29) is 16.5 Å². The average molecular weight is 258 g/mol. The molecule has 84 valence electrons. The van der Waals surface area contributed by atoms with Crippen molar-refractivity contribution in [3.05, 3.63) is 38.4 Å². The Bertz CT molecular complexity index is 538. The van der Waals surface area contributed by atoms with Gasteiger partial charge in [0.25, 0.3) is 5.56 Å². The molecule has 16 heavy (non-hydrogen) atoms. The van der Waals surface area contributed by atoms with Crippen LogP contribution < -0.4 is 10.3 Å². The van der Waals surface area contributed by atoms with E-state index in [2.05, 4.69) is 9.97 Å². The minimum absolute atomic E-state index is 0.0562. The number of aromatic nitrogens is 3. The van der Waals surface area contributed by atoms with Gasteiger partial charge in [0, 0.05) is 11.6 Å². The van der Waals surface area contributed by atoms with Crippen LogP contribution in [0, 0.1) is 0 Å². The highest BCUT2D eigenvalue weighted by molar-refractivity contribution is 7.09. The predicted octanol–water partition coefficient (Wildman–Crippen LogP) is 1.41. The third kappa shape index (κ3) is 2.07. The molecule has 0 aliphatic carbocycles. The predicted molar refractivity (Wildman–Crippen MR) is 61.3 cm³/mol. The Kier molecular flexibility index (Phi) is 3.21. The van der Waals surface area contributed by atoms with E-state index >= 15 is 0 Å². The first kappa shape index (κ1) is 11.1. The van der Waals surface area contributed by atoms with Gasteiger partial charge in [0.15, 0.2) is 5.15 Å². The molecule has 0 atom stereocenters. The molecule has 2 aromatic heterocycles. The summed E-state index contributed by atoms with van der Waals surface area (Å²) >= 11 is 7.19. The molecule has 0 unspecified atom stereocenters. The fourth-order valence-electron chi connectivity index (χ4n) is 1.21. The lowest BCUT2D eigenvalue weighted by atomic mass is 10.5. The molecule has 2 heterocycles. The Hall–Kier alpha value is -1.40. The van der Waals surface area contributed by atoms with Gasteiger partial charge in [0.1, 0.15) is 5.01 Å². The smallest absolute Gasteiger partial charge is 0.297 e. The zero-order valence-corrected chi connectivity index (χ0v) is 9.96. The van der Waals surface area contributed by atoms with Crippen LogP contribution >= 0.6 is 22.9 Å². The Morgan fingerprint density at radius 2 is 2.38 bits per heavy atom. The van der Waals surface area contributed by atoms with Crippen LogP contribution in [0.4, 0.5) is 0 Å². The minimum Gasteiger partial charge on any atom is -0.489 e. The van der Waals surface area contributed by atoms with Crippen molar-refractivity contribution in [2.75, 3.05) is 7.11 Å². The molecule has 2 aromatic rings. The van der Waals surface area contributed by atoms with Crippen molar-refractivity contribution >= 4 is 22.9 Å². The average Bonchev–Trinajstić information content (AvgIpc) is 2.76. The van der Waals surface area contributed by atoms with Gasteiger partial charge in [-0.05, 0) is 0 Å². The fourth-order valence-corrected chi connectivity index (χ4v) is 2.03. The summed E-state index contributed by atoms with van der Waals surface area (Å²) in [6, 6.07) is 0. The van der Waals surface area contributed by atoms with E-state index in [1.165, 1.54) is 29.3 Å². The molecular weight excluding hydrogens is 250 g/mol. The molecule has 7 heteroatoms. The first-order valence-corrected chi connectivity index (χ1v) is 5.65. The van der Waals surface area contributed by atoms with Crippen molar-refractivity contribution in [1.82, 2.24) is 14.5 Å². The SMILES string of the molecule is COc1c(Cl)ncn(Cc2nccs2)c1=O. The van der Waals surface area contributed by atoms with E-state index in [0.717, 1.165) is 5.01 Å². The highest BCUT2D eigenvalue weighted by Crippen LogP contribution is 2.15. The topological polar surface area (TPSA) is 57.0 Å². The number of ether oxygens (including phenoxy) is 1. The van der Waals surface area contributed by atoms with Gasteiger partial charge >= 0.3 is 0 Å². The van der Waals surface area contributed by atoms with Gasteiger partial charge in [-0.1, -0.05) is 11.6 Å². The van der Waals surface area contributed by atoms with E-state index in [1.807, 2.05) is 5.38 Å². The van der Waals surface area contributed by atoms with E-state index in [0.29, 0.717) is 6.54 Å². The first-order chi connectivity index (χ1) is 7.72. The molecule has 0 aromatic carbocycles. The van der Waals surface area contributed by atoms with Crippen molar-refractivity contribution in [1.29, 1.82) is 0 Å². The molecule has 0 spiro atoms. The van der Waals surface area contributed by atoms with E-state index in [9.17, 15) is 4.79 Å². The molecule has 0 radical (unpaired) electrons. The first-order valence-electron chi connectivity index (χ1n) is 4.39. The van der Waals surface area contributed by atoms with Crippen LogP contribution in [0.15, 0.2) is 22.7 Å². The highest BCUT2D eigenvalue weighted by atomic mass is 35.5. The summed E-state index contributed by atoms with van der Waals surface area (Å²) in [6.07, 6.45) is 3.07. The molecule has 0 aliphatic heterocycles. The van der Waals surface area contributed by atoms with Crippen LogP contribution in [-0.2, 0) is 6.54 Å². The second kappa shape index (κ2) is 4.63. The molecule has 0 aliphatic rings. The molecule has 0 N–H and O–H groups in total. The van der Waals surface area contributed by atoms with Gasteiger partial charge in [0.05, 0.1) is 20.0 Å². The van der Waals surface area contributed by atoms with Gasteiger partial charge in [-0.2, -0.15) is 0 Å². The summed E-state index contributed by atoms with van der Waals surface area (Å²) in [5, 5.41) is 2.75. The quantitative estimate of drug-likeness (QED) is 0.780. The Morgan fingerprint density at radius 1 is 1.56 bits per heavy atom. The van der Waals surface area contributed by atoms with Crippen molar-refractivity contribution < 1.29 is 4.74 Å². The normalized spacial score (nSPS) is 10.4. The van der Waals surface area contributed by atoms with Gasteiger partial charge < -0.3 is 4.74 Å². The zero-order chi connectivity index (χ0) is 11.5. The number of hydrogen-bond donors (Lipinski definition) is 0. The van der Waals surface area contributed by atoms with Crippen molar-refractivity contribution in [2.45, 2.75) is 6.54 Å². The second-order valence-corrected chi connectivity index (χ2v) is 4.26. The summed E-state index contributed by atoms with van der Waals surface area (Å²) in [4.78, 5) is 19.8. The number of methoxy groups -OCH3 is 1. The molecule has 0 saturated carbocycles. The lowest BCUT2D eigenvalue weighted by Gasteiger charge is -2.06. The molecule has 2 rings (SSSR count). The van der Waals surface area contributed by atoms with Crippen LogP contribution in [0.25, 0.3) is 0 Å². The summed E-state index contributed by atoms with van der Waals surface area (Å²) in [5.74, 6) is 0.0562. The van der Waals surface area contributed by atoms with Crippen molar-refractivity contribution in [3.63, 3.8) is 0 Å². The van der Waals surface area contributed by atoms with E-state index in [4.69, 9.17) is 16.3 Å². The fraction of sp³-hybridized carbons (Fsp3) is 0.222.